The van der Waals surface area contributed by atoms with Gasteiger partial charge in [0.25, 0.3) is 0 Å². The molecule has 4 aliphatic heterocycles. The van der Waals surface area contributed by atoms with Crippen molar-refractivity contribution in [2.24, 2.45) is 23.7 Å². The lowest BCUT2D eigenvalue weighted by Gasteiger charge is -2.60. The molecule has 2 bridgehead atoms. The molecule has 1 aromatic heterocycles. The van der Waals surface area contributed by atoms with Crippen molar-refractivity contribution in [1.29, 1.82) is 0 Å². The molecule has 8 atom stereocenters. The normalized spacial score (nSPS) is 45.1. The van der Waals surface area contributed by atoms with Crippen molar-refractivity contribution in [1.82, 2.24) is 4.98 Å². The molecule has 8 heteroatoms. The van der Waals surface area contributed by atoms with E-state index in [2.05, 4.69) is 18.8 Å². The van der Waals surface area contributed by atoms with Gasteiger partial charge in [0.05, 0.1) is 13.2 Å². The van der Waals surface area contributed by atoms with Crippen molar-refractivity contribution < 1.29 is 29.1 Å². The van der Waals surface area contributed by atoms with Crippen LogP contribution in [0.4, 0.5) is 0 Å². The summed E-state index contributed by atoms with van der Waals surface area (Å²) in [5.41, 5.74) is 0.287. The van der Waals surface area contributed by atoms with Crippen LogP contribution in [0.2, 0.25) is 0 Å². The Bertz CT molecular complexity index is 858. The van der Waals surface area contributed by atoms with Crippen LogP contribution >= 0.6 is 0 Å². The van der Waals surface area contributed by atoms with Crippen molar-refractivity contribution in [3.05, 3.63) is 33.7 Å². The van der Waals surface area contributed by atoms with Crippen LogP contribution in [-0.2, 0) is 37.2 Å². The van der Waals surface area contributed by atoms with Gasteiger partial charge >= 0.3 is 0 Å². The standard InChI is InChI=1S/C22H31NO7/c1-12-4-5-18-13(2)19(26-11-15-9-16(25)8-14(10-24)23-15)27-20-22(18)17(12)6-7-21(3,28-20)29-30-22/h8-9,12-13,17-20,24H,4-7,10-11H2,1-3H3,(H,23,25)/t12-,13-,17+,18+,19+,20-,21+,22-/m1/s1. The van der Waals surface area contributed by atoms with Gasteiger partial charge < -0.3 is 24.3 Å². The molecule has 1 aromatic rings. The van der Waals surface area contributed by atoms with Gasteiger partial charge in [0.1, 0.15) is 0 Å². The Balaban J connectivity index is 1.40. The fourth-order valence-corrected chi connectivity index (χ4v) is 6.06. The quantitative estimate of drug-likeness (QED) is 0.721. The van der Waals surface area contributed by atoms with Crippen molar-refractivity contribution in [2.45, 2.75) is 83.6 Å². The van der Waals surface area contributed by atoms with Crippen LogP contribution in [0, 0.1) is 23.7 Å². The second-order valence-electron chi connectivity index (χ2n) is 9.61. The molecule has 0 radical (unpaired) electrons. The molecule has 5 heterocycles. The summed E-state index contributed by atoms with van der Waals surface area (Å²) in [6.45, 7) is 6.27. The average Bonchev–Trinajstić information content (AvgIpc) is 2.95. The molecule has 0 amide bonds. The minimum Gasteiger partial charge on any atom is -0.390 e. The lowest BCUT2D eigenvalue weighted by atomic mass is 9.58. The molecule has 166 valence electrons. The summed E-state index contributed by atoms with van der Waals surface area (Å²) in [6, 6.07) is 2.86. The zero-order chi connectivity index (χ0) is 21.1. The molecule has 1 spiro atoms. The predicted octanol–water partition coefficient (Wildman–Crippen LogP) is 2.59. The SMILES string of the molecule is C[C@H]1[C@@H](OCc2cc(=O)cc(CO)[nH]2)O[C@@H]2O[C@]3(C)CC[C@H]4[C@H](C)CC[C@@H]1[C@@]24OO3. The number of pyridine rings is 1. The monoisotopic (exact) mass is 421 g/mol. The van der Waals surface area contributed by atoms with Crippen molar-refractivity contribution >= 4 is 0 Å². The highest BCUT2D eigenvalue weighted by Crippen LogP contribution is 2.60. The third kappa shape index (κ3) is 3.16. The highest BCUT2D eigenvalue weighted by atomic mass is 17.3. The number of H-pyrrole nitrogens is 1. The van der Waals surface area contributed by atoms with E-state index in [0.717, 1.165) is 25.7 Å². The first kappa shape index (κ1) is 20.6. The molecule has 5 fully saturated rings. The number of nitrogens with one attached hydrogen (secondary N) is 1. The van der Waals surface area contributed by atoms with Gasteiger partial charge in [-0.2, -0.15) is 0 Å². The van der Waals surface area contributed by atoms with Crippen LogP contribution in [0.15, 0.2) is 16.9 Å². The van der Waals surface area contributed by atoms with Crippen molar-refractivity contribution in [2.75, 3.05) is 0 Å². The van der Waals surface area contributed by atoms with E-state index in [-0.39, 0.29) is 30.5 Å². The molecule has 30 heavy (non-hydrogen) atoms. The second kappa shape index (κ2) is 7.39. The zero-order valence-corrected chi connectivity index (χ0v) is 17.8. The molecule has 1 aliphatic carbocycles. The number of hydrogen-bond acceptors (Lipinski definition) is 7. The molecule has 2 N–H and O–H groups in total. The zero-order valence-electron chi connectivity index (χ0n) is 17.8. The third-order valence-electron chi connectivity index (χ3n) is 7.62. The Hall–Kier alpha value is -1.29. The largest absolute Gasteiger partial charge is 0.390 e. The molecule has 0 unspecified atom stereocenters. The number of rotatable bonds is 4. The summed E-state index contributed by atoms with van der Waals surface area (Å²) < 4.78 is 18.8. The number of aliphatic hydroxyl groups is 1. The summed E-state index contributed by atoms with van der Waals surface area (Å²) in [5.74, 6) is 0.262. The number of fused-ring (bicyclic) bond motifs is 2. The van der Waals surface area contributed by atoms with Gasteiger partial charge in [-0.05, 0) is 38.0 Å². The van der Waals surface area contributed by atoms with E-state index in [4.69, 9.17) is 24.0 Å². The molecular weight excluding hydrogens is 390 g/mol. The molecular formula is C22H31NO7. The first-order valence-corrected chi connectivity index (χ1v) is 11.0. The average molecular weight is 421 g/mol. The van der Waals surface area contributed by atoms with Crippen molar-refractivity contribution in [3.8, 4) is 0 Å². The molecule has 0 aromatic carbocycles. The smallest absolute Gasteiger partial charge is 0.201 e. The summed E-state index contributed by atoms with van der Waals surface area (Å²) in [4.78, 5) is 26.8. The van der Waals surface area contributed by atoms with Crippen LogP contribution in [-0.4, -0.2) is 34.1 Å². The number of aromatic amines is 1. The van der Waals surface area contributed by atoms with Gasteiger partial charge in [0.2, 0.25) is 5.79 Å². The number of ether oxygens (including phenoxy) is 3. The first-order valence-electron chi connectivity index (χ1n) is 11.0. The van der Waals surface area contributed by atoms with Gasteiger partial charge in [-0.15, -0.1) is 0 Å². The van der Waals surface area contributed by atoms with Gasteiger partial charge in [0.15, 0.2) is 23.6 Å². The summed E-state index contributed by atoms with van der Waals surface area (Å²) in [7, 11) is 0. The second-order valence-corrected chi connectivity index (χ2v) is 9.61. The van der Waals surface area contributed by atoms with Crippen LogP contribution in [0.5, 0.6) is 0 Å². The molecule has 8 nitrogen and oxygen atoms in total. The van der Waals surface area contributed by atoms with E-state index in [0.29, 0.717) is 23.2 Å². The number of hydrogen-bond donors (Lipinski definition) is 2. The maximum Gasteiger partial charge on any atom is 0.201 e. The van der Waals surface area contributed by atoms with Crippen LogP contribution < -0.4 is 5.43 Å². The highest BCUT2D eigenvalue weighted by molar-refractivity contribution is 5.11. The maximum absolute atomic E-state index is 11.8. The number of aliphatic hydroxyl groups excluding tert-OH is 1. The lowest BCUT2D eigenvalue weighted by molar-refractivity contribution is -0.577. The van der Waals surface area contributed by atoms with E-state index < -0.39 is 24.0 Å². The van der Waals surface area contributed by atoms with Crippen molar-refractivity contribution in [3.63, 3.8) is 0 Å². The summed E-state index contributed by atoms with van der Waals surface area (Å²) in [5, 5.41) is 9.33. The minimum atomic E-state index is -0.816. The van der Waals surface area contributed by atoms with Gasteiger partial charge in [0, 0.05) is 41.8 Å². The van der Waals surface area contributed by atoms with E-state index in [1.807, 2.05) is 6.92 Å². The molecule has 5 aliphatic rings. The van der Waals surface area contributed by atoms with Crippen LogP contribution in [0.1, 0.15) is 57.8 Å². The Morgan fingerprint density at radius 1 is 1.17 bits per heavy atom. The minimum absolute atomic E-state index is 0.0682. The summed E-state index contributed by atoms with van der Waals surface area (Å²) >= 11 is 0. The maximum atomic E-state index is 11.8. The third-order valence-corrected chi connectivity index (χ3v) is 7.62. The van der Waals surface area contributed by atoms with E-state index in [1.165, 1.54) is 12.1 Å². The molecule has 1 saturated carbocycles. The fraction of sp³-hybridized carbons (Fsp3) is 0.773. The molecule has 4 saturated heterocycles. The van der Waals surface area contributed by atoms with Gasteiger partial charge in [-0.1, -0.05) is 13.8 Å². The van der Waals surface area contributed by atoms with Crippen LogP contribution in [0.25, 0.3) is 0 Å². The Labute approximate surface area is 175 Å². The van der Waals surface area contributed by atoms with Gasteiger partial charge in [-0.3, -0.25) is 4.79 Å². The Morgan fingerprint density at radius 3 is 2.77 bits per heavy atom. The fourth-order valence-electron chi connectivity index (χ4n) is 6.06. The van der Waals surface area contributed by atoms with E-state index in [9.17, 15) is 9.90 Å². The Kier molecular flexibility index (Phi) is 5.08. The molecule has 6 rings (SSSR count). The number of aromatic nitrogens is 1. The predicted molar refractivity (Wildman–Crippen MR) is 105 cm³/mol. The Morgan fingerprint density at radius 2 is 1.97 bits per heavy atom. The van der Waals surface area contributed by atoms with Gasteiger partial charge in [-0.25, -0.2) is 9.78 Å². The van der Waals surface area contributed by atoms with Crippen LogP contribution in [0.3, 0.4) is 0 Å². The van der Waals surface area contributed by atoms with E-state index >= 15 is 0 Å². The summed E-state index contributed by atoms with van der Waals surface area (Å²) in [6.07, 6.45) is 2.84. The highest BCUT2D eigenvalue weighted by Gasteiger charge is 2.69. The first-order chi connectivity index (χ1) is 14.3. The van der Waals surface area contributed by atoms with E-state index in [1.54, 1.807) is 0 Å². The topological polar surface area (TPSA) is 99.2 Å². The lowest BCUT2D eigenvalue weighted by Crippen LogP contribution is -2.70.